The molecule has 2 fully saturated rings. The molecule has 0 N–H and O–H groups in total. The molecule has 0 aliphatic carbocycles. The fraction of sp³-hybridized carbons (Fsp3) is 0.409. The van der Waals surface area contributed by atoms with Crippen molar-refractivity contribution in [3.8, 4) is 0 Å². The van der Waals surface area contributed by atoms with Crippen molar-refractivity contribution in [3.63, 3.8) is 0 Å². The Morgan fingerprint density at radius 2 is 1.81 bits per heavy atom. The molecule has 1 atom stereocenters. The van der Waals surface area contributed by atoms with E-state index in [0.717, 1.165) is 11.3 Å². The number of carbonyl (C=O) groups is 3. The maximum Gasteiger partial charge on any atom is 0.257 e. The molecular weight excluding hydrogens is 441 g/mol. The number of piperazine rings is 1. The zero-order chi connectivity index (χ0) is 22.0. The minimum atomic E-state index is -0.612. The van der Waals surface area contributed by atoms with Crippen molar-refractivity contribution in [2.45, 2.75) is 25.3 Å². The normalized spacial score (nSPS) is 19.0. The molecule has 4 rings (SSSR count). The number of rotatable bonds is 4. The molecule has 6 nitrogen and oxygen atoms in total. The first kappa shape index (κ1) is 21.8. The molecule has 0 bridgehead atoms. The van der Waals surface area contributed by atoms with Gasteiger partial charge in [-0.25, -0.2) is 4.39 Å². The third kappa shape index (κ3) is 4.75. The van der Waals surface area contributed by atoms with Crippen LogP contribution in [0.25, 0.3) is 0 Å². The Morgan fingerprint density at radius 1 is 1.06 bits per heavy atom. The highest BCUT2D eigenvalue weighted by Crippen LogP contribution is 2.23. The molecule has 1 aromatic heterocycles. The summed E-state index contributed by atoms with van der Waals surface area (Å²) >= 11 is 7.43. The van der Waals surface area contributed by atoms with Gasteiger partial charge in [-0.15, -0.1) is 11.3 Å². The summed E-state index contributed by atoms with van der Waals surface area (Å²) in [5.74, 6) is -1.14. The van der Waals surface area contributed by atoms with Gasteiger partial charge in [-0.1, -0.05) is 17.7 Å². The van der Waals surface area contributed by atoms with Crippen molar-refractivity contribution in [2.24, 2.45) is 0 Å². The van der Waals surface area contributed by atoms with Gasteiger partial charge in [-0.05, 0) is 42.5 Å². The van der Waals surface area contributed by atoms with Crippen LogP contribution in [0.3, 0.4) is 0 Å². The highest BCUT2D eigenvalue weighted by atomic mass is 35.5. The van der Waals surface area contributed by atoms with Gasteiger partial charge in [0.05, 0.1) is 12.0 Å². The average Bonchev–Trinajstić information content (AvgIpc) is 3.46. The summed E-state index contributed by atoms with van der Waals surface area (Å²) in [5, 5.41) is 2.23. The van der Waals surface area contributed by atoms with Crippen LogP contribution in [0.15, 0.2) is 35.7 Å². The van der Waals surface area contributed by atoms with Crippen LogP contribution >= 0.6 is 22.9 Å². The SMILES string of the molecule is O=C(c1cc(Cl)ccc1F)N1CCN(C(=O)C2CCCN2C(=O)Cc2cccs2)CC1. The van der Waals surface area contributed by atoms with Crippen LogP contribution in [-0.2, 0) is 16.0 Å². The molecule has 0 radical (unpaired) electrons. The van der Waals surface area contributed by atoms with E-state index in [1.165, 1.54) is 34.4 Å². The van der Waals surface area contributed by atoms with Crippen LogP contribution in [0.1, 0.15) is 28.1 Å². The lowest BCUT2D eigenvalue weighted by molar-refractivity contribution is -0.144. The lowest BCUT2D eigenvalue weighted by Gasteiger charge is -2.37. The Hall–Kier alpha value is -2.45. The summed E-state index contributed by atoms with van der Waals surface area (Å²) in [6, 6.07) is 7.30. The summed E-state index contributed by atoms with van der Waals surface area (Å²) < 4.78 is 14.0. The van der Waals surface area contributed by atoms with Crippen LogP contribution in [0.2, 0.25) is 5.02 Å². The van der Waals surface area contributed by atoms with E-state index in [9.17, 15) is 18.8 Å². The maximum atomic E-state index is 14.0. The number of hydrogen-bond donors (Lipinski definition) is 0. The first-order chi connectivity index (χ1) is 14.9. The van der Waals surface area contributed by atoms with Gasteiger partial charge in [0.1, 0.15) is 11.9 Å². The van der Waals surface area contributed by atoms with Crippen LogP contribution < -0.4 is 0 Å². The predicted octanol–water partition coefficient (Wildman–Crippen LogP) is 3.06. The van der Waals surface area contributed by atoms with Gasteiger partial charge in [-0.3, -0.25) is 14.4 Å². The van der Waals surface area contributed by atoms with E-state index in [1.807, 2.05) is 17.5 Å². The fourth-order valence-electron chi connectivity index (χ4n) is 4.16. The molecular formula is C22H23ClFN3O3S. The lowest BCUT2D eigenvalue weighted by atomic mass is 10.1. The van der Waals surface area contributed by atoms with Crippen molar-refractivity contribution in [1.29, 1.82) is 0 Å². The van der Waals surface area contributed by atoms with Gasteiger partial charge in [-0.2, -0.15) is 0 Å². The minimum absolute atomic E-state index is 0.0245. The van der Waals surface area contributed by atoms with E-state index in [1.54, 1.807) is 9.80 Å². The van der Waals surface area contributed by atoms with E-state index in [4.69, 9.17) is 11.6 Å². The number of benzene rings is 1. The van der Waals surface area contributed by atoms with Gasteiger partial charge in [0.2, 0.25) is 11.8 Å². The molecule has 3 amide bonds. The largest absolute Gasteiger partial charge is 0.337 e. The summed E-state index contributed by atoms with van der Waals surface area (Å²) in [6.07, 6.45) is 1.77. The van der Waals surface area contributed by atoms with E-state index in [-0.39, 0.29) is 17.4 Å². The number of carbonyl (C=O) groups excluding carboxylic acids is 3. The predicted molar refractivity (Wildman–Crippen MR) is 117 cm³/mol. The zero-order valence-corrected chi connectivity index (χ0v) is 18.5. The summed E-state index contributed by atoms with van der Waals surface area (Å²) in [4.78, 5) is 44.4. The van der Waals surface area contributed by atoms with E-state index >= 15 is 0 Å². The van der Waals surface area contributed by atoms with Crippen LogP contribution in [-0.4, -0.2) is 71.2 Å². The van der Waals surface area contributed by atoms with Gasteiger partial charge in [0.15, 0.2) is 0 Å². The third-order valence-electron chi connectivity index (χ3n) is 5.80. The van der Waals surface area contributed by atoms with Crippen molar-refractivity contribution in [3.05, 3.63) is 57.0 Å². The Kier molecular flexibility index (Phi) is 6.57. The first-order valence-corrected chi connectivity index (χ1v) is 11.5. The minimum Gasteiger partial charge on any atom is -0.337 e. The Morgan fingerprint density at radius 3 is 2.52 bits per heavy atom. The number of thiophene rings is 1. The summed E-state index contributed by atoms with van der Waals surface area (Å²) in [6.45, 7) is 1.93. The molecule has 2 aliphatic rings. The lowest BCUT2D eigenvalue weighted by Crippen LogP contribution is -2.55. The highest BCUT2D eigenvalue weighted by molar-refractivity contribution is 7.10. The van der Waals surface area contributed by atoms with Gasteiger partial charge >= 0.3 is 0 Å². The number of halogens is 2. The monoisotopic (exact) mass is 463 g/mol. The molecule has 0 saturated carbocycles. The first-order valence-electron chi connectivity index (χ1n) is 10.3. The Labute approximate surface area is 189 Å². The van der Waals surface area contributed by atoms with Gasteiger partial charge in [0, 0.05) is 42.6 Å². The second kappa shape index (κ2) is 9.36. The molecule has 1 unspecified atom stereocenters. The molecule has 164 valence electrons. The van der Waals surface area contributed by atoms with Crippen LogP contribution in [0, 0.1) is 5.82 Å². The average molecular weight is 464 g/mol. The molecule has 3 heterocycles. The van der Waals surface area contributed by atoms with Crippen molar-refractivity contribution < 1.29 is 18.8 Å². The molecule has 1 aromatic carbocycles. The number of hydrogen-bond acceptors (Lipinski definition) is 4. The molecule has 2 aliphatic heterocycles. The maximum absolute atomic E-state index is 14.0. The molecule has 0 spiro atoms. The van der Waals surface area contributed by atoms with E-state index in [0.29, 0.717) is 50.6 Å². The van der Waals surface area contributed by atoms with Crippen LogP contribution in [0.4, 0.5) is 4.39 Å². The smallest absolute Gasteiger partial charge is 0.257 e. The number of likely N-dealkylation sites (tertiary alicyclic amines) is 1. The molecule has 2 saturated heterocycles. The van der Waals surface area contributed by atoms with Gasteiger partial charge in [0.25, 0.3) is 5.91 Å². The second-order valence-electron chi connectivity index (χ2n) is 7.74. The van der Waals surface area contributed by atoms with Gasteiger partial charge < -0.3 is 14.7 Å². The number of amides is 3. The second-order valence-corrected chi connectivity index (χ2v) is 9.21. The van der Waals surface area contributed by atoms with Crippen molar-refractivity contribution >= 4 is 40.7 Å². The van der Waals surface area contributed by atoms with E-state index in [2.05, 4.69) is 0 Å². The Bertz CT molecular complexity index is 976. The number of nitrogens with zero attached hydrogens (tertiary/aromatic N) is 3. The Balaban J connectivity index is 1.36. The fourth-order valence-corrected chi connectivity index (χ4v) is 5.03. The standard InChI is InChI=1S/C22H23ClFN3O3S/c23-15-5-6-18(24)17(13-15)21(29)25-8-10-26(11-9-25)22(30)19-4-1-7-27(19)20(28)14-16-3-2-12-31-16/h2-3,5-6,12-13,19H,1,4,7-11,14H2. The molecule has 9 heteroatoms. The summed E-state index contributed by atoms with van der Waals surface area (Å²) in [7, 11) is 0. The molecule has 31 heavy (non-hydrogen) atoms. The quantitative estimate of drug-likeness (QED) is 0.700. The zero-order valence-electron chi connectivity index (χ0n) is 16.9. The van der Waals surface area contributed by atoms with Crippen LogP contribution in [0.5, 0.6) is 0 Å². The molecule has 2 aromatic rings. The van der Waals surface area contributed by atoms with Crippen molar-refractivity contribution in [2.75, 3.05) is 32.7 Å². The third-order valence-corrected chi connectivity index (χ3v) is 6.91. The summed E-state index contributed by atoms with van der Waals surface area (Å²) in [5.41, 5.74) is -0.0616. The topological polar surface area (TPSA) is 60.9 Å². The van der Waals surface area contributed by atoms with E-state index < -0.39 is 17.8 Å². The van der Waals surface area contributed by atoms with Crippen molar-refractivity contribution in [1.82, 2.24) is 14.7 Å². The highest BCUT2D eigenvalue weighted by Gasteiger charge is 2.37.